The molecular weight excluding hydrogens is 368 g/mol. The van der Waals surface area contributed by atoms with Crippen LogP contribution >= 0.6 is 11.3 Å². The van der Waals surface area contributed by atoms with Crippen molar-refractivity contribution in [3.63, 3.8) is 0 Å². The molecule has 0 unspecified atom stereocenters. The fraction of sp³-hybridized carbons (Fsp3) is 0.211. The van der Waals surface area contributed by atoms with Crippen molar-refractivity contribution in [2.75, 3.05) is 7.11 Å². The summed E-state index contributed by atoms with van der Waals surface area (Å²) in [6, 6.07) is 14.9. The van der Waals surface area contributed by atoms with Crippen molar-refractivity contribution >= 4 is 21.4 Å². The Bertz CT molecular complexity index is 1010. The van der Waals surface area contributed by atoms with Crippen LogP contribution in [0.4, 0.5) is 0 Å². The predicted octanol–water partition coefficient (Wildman–Crippen LogP) is 3.91. The van der Waals surface area contributed by atoms with Gasteiger partial charge in [-0.15, -0.1) is 11.3 Å². The van der Waals surface area contributed by atoms with Crippen LogP contribution in [-0.2, 0) is 16.6 Å². The van der Waals surface area contributed by atoms with Crippen LogP contribution in [-0.4, -0.2) is 20.5 Å². The van der Waals surface area contributed by atoms with E-state index in [1.165, 1.54) is 18.4 Å². The zero-order valence-corrected chi connectivity index (χ0v) is 16.4. The molecule has 0 aliphatic heterocycles. The highest BCUT2D eigenvalue weighted by molar-refractivity contribution is 7.89. The normalized spacial score (nSPS) is 11.5. The molecule has 3 rings (SSSR count). The lowest BCUT2D eigenvalue weighted by molar-refractivity contribution is 0.402. The van der Waals surface area contributed by atoms with E-state index < -0.39 is 10.0 Å². The zero-order chi connectivity index (χ0) is 18.7. The minimum atomic E-state index is -3.69. The molecule has 136 valence electrons. The van der Waals surface area contributed by atoms with Gasteiger partial charge in [-0.2, -0.15) is 0 Å². The molecule has 0 saturated carbocycles. The lowest BCUT2D eigenvalue weighted by Gasteiger charge is -2.11. The summed E-state index contributed by atoms with van der Waals surface area (Å²) in [5.41, 5.74) is 2.70. The average molecular weight is 389 g/mol. The first kappa shape index (κ1) is 18.6. The number of ether oxygens (including phenoxy) is 1. The summed E-state index contributed by atoms with van der Waals surface area (Å²) >= 11 is 1.49. The molecule has 0 spiro atoms. The van der Waals surface area contributed by atoms with Gasteiger partial charge in [0, 0.05) is 17.0 Å². The van der Waals surface area contributed by atoms with Gasteiger partial charge in [-0.25, -0.2) is 18.1 Å². The second kappa shape index (κ2) is 7.57. The van der Waals surface area contributed by atoms with Crippen molar-refractivity contribution in [3.05, 3.63) is 64.7 Å². The summed E-state index contributed by atoms with van der Waals surface area (Å²) in [5, 5.41) is 0.880. The van der Waals surface area contributed by atoms with E-state index >= 15 is 0 Å². The number of nitrogens with one attached hydrogen (secondary N) is 1. The van der Waals surface area contributed by atoms with Gasteiger partial charge >= 0.3 is 0 Å². The summed E-state index contributed by atoms with van der Waals surface area (Å²) in [5.74, 6) is 0.328. The molecule has 0 amide bonds. The topological polar surface area (TPSA) is 68.3 Å². The number of sulfonamides is 1. The van der Waals surface area contributed by atoms with Crippen LogP contribution in [0.3, 0.4) is 0 Å². The maximum atomic E-state index is 12.7. The first-order valence-electron chi connectivity index (χ1n) is 8.07. The van der Waals surface area contributed by atoms with Gasteiger partial charge in [0.05, 0.1) is 12.8 Å². The molecule has 1 N–H and O–H groups in total. The number of rotatable bonds is 6. The van der Waals surface area contributed by atoms with Gasteiger partial charge in [0.25, 0.3) is 0 Å². The van der Waals surface area contributed by atoms with Crippen LogP contribution in [0.5, 0.6) is 5.75 Å². The van der Waals surface area contributed by atoms with Crippen molar-refractivity contribution in [3.8, 4) is 16.3 Å². The van der Waals surface area contributed by atoms with Gasteiger partial charge < -0.3 is 4.74 Å². The van der Waals surface area contributed by atoms with Crippen molar-refractivity contribution < 1.29 is 13.2 Å². The molecule has 0 aliphatic rings. The van der Waals surface area contributed by atoms with Gasteiger partial charge in [0.2, 0.25) is 10.0 Å². The van der Waals surface area contributed by atoms with Crippen molar-refractivity contribution in [1.82, 2.24) is 9.71 Å². The number of thiazole rings is 1. The number of methoxy groups -OCH3 is 1. The van der Waals surface area contributed by atoms with Gasteiger partial charge in [-0.1, -0.05) is 36.4 Å². The van der Waals surface area contributed by atoms with E-state index in [2.05, 4.69) is 9.71 Å². The first-order chi connectivity index (χ1) is 12.4. The van der Waals surface area contributed by atoms with Crippen molar-refractivity contribution in [2.45, 2.75) is 25.3 Å². The molecule has 1 aromatic heterocycles. The molecule has 0 fully saturated rings. The summed E-state index contributed by atoms with van der Waals surface area (Å²) in [6.07, 6.45) is 0. The minimum absolute atomic E-state index is 0.144. The Labute approximate surface area is 157 Å². The van der Waals surface area contributed by atoms with E-state index in [4.69, 9.17) is 4.74 Å². The number of aromatic nitrogens is 1. The standard InChI is InChI=1S/C19H20N2O3S2/c1-13-9-10-16(24-3)18(11-13)26(22,23)20-12-17-14(2)21-19(25-17)15-7-5-4-6-8-15/h4-11,20H,12H2,1-3H3. The summed E-state index contributed by atoms with van der Waals surface area (Å²) in [7, 11) is -2.23. The monoisotopic (exact) mass is 388 g/mol. The number of benzene rings is 2. The van der Waals surface area contributed by atoms with E-state index in [1.54, 1.807) is 12.1 Å². The van der Waals surface area contributed by atoms with E-state index in [0.717, 1.165) is 26.7 Å². The van der Waals surface area contributed by atoms with Crippen LogP contribution in [0.1, 0.15) is 16.1 Å². The molecule has 0 saturated heterocycles. The van der Waals surface area contributed by atoms with E-state index in [-0.39, 0.29) is 11.4 Å². The highest BCUT2D eigenvalue weighted by Gasteiger charge is 2.20. The third-order valence-electron chi connectivity index (χ3n) is 3.94. The van der Waals surface area contributed by atoms with Crippen LogP contribution in [0.15, 0.2) is 53.4 Å². The van der Waals surface area contributed by atoms with Crippen LogP contribution in [0.2, 0.25) is 0 Å². The summed E-state index contributed by atoms with van der Waals surface area (Å²) in [4.78, 5) is 5.59. The lowest BCUT2D eigenvalue weighted by atomic mass is 10.2. The molecular formula is C19H20N2O3S2. The van der Waals surface area contributed by atoms with Gasteiger partial charge in [0.15, 0.2) is 0 Å². The average Bonchev–Trinajstić information content (AvgIpc) is 3.02. The van der Waals surface area contributed by atoms with E-state index in [0.29, 0.717) is 5.75 Å². The fourth-order valence-corrected chi connectivity index (χ4v) is 4.87. The molecule has 7 heteroatoms. The molecule has 26 heavy (non-hydrogen) atoms. The van der Waals surface area contributed by atoms with Gasteiger partial charge in [0.1, 0.15) is 15.7 Å². The number of aryl methyl sites for hydroxylation is 2. The van der Waals surface area contributed by atoms with Crippen LogP contribution in [0.25, 0.3) is 10.6 Å². The Hall–Kier alpha value is -2.22. The zero-order valence-electron chi connectivity index (χ0n) is 14.8. The Balaban J connectivity index is 1.83. The molecule has 0 radical (unpaired) electrons. The third kappa shape index (κ3) is 3.95. The Kier molecular flexibility index (Phi) is 5.41. The number of nitrogens with zero attached hydrogens (tertiary/aromatic N) is 1. The van der Waals surface area contributed by atoms with Gasteiger partial charge in [-0.05, 0) is 31.5 Å². The quantitative estimate of drug-likeness (QED) is 0.695. The summed E-state index contributed by atoms with van der Waals surface area (Å²) in [6.45, 7) is 3.92. The largest absolute Gasteiger partial charge is 0.495 e. The predicted molar refractivity (Wildman–Crippen MR) is 104 cm³/mol. The SMILES string of the molecule is COc1ccc(C)cc1S(=O)(=O)NCc1sc(-c2ccccc2)nc1C. The fourth-order valence-electron chi connectivity index (χ4n) is 2.53. The van der Waals surface area contributed by atoms with Crippen LogP contribution < -0.4 is 9.46 Å². The molecule has 0 bridgehead atoms. The Morgan fingerprint density at radius 2 is 1.85 bits per heavy atom. The Morgan fingerprint density at radius 1 is 1.12 bits per heavy atom. The smallest absolute Gasteiger partial charge is 0.244 e. The molecule has 0 aliphatic carbocycles. The Morgan fingerprint density at radius 3 is 2.54 bits per heavy atom. The molecule has 5 nitrogen and oxygen atoms in total. The summed E-state index contributed by atoms with van der Waals surface area (Å²) < 4.78 is 33.3. The molecule has 3 aromatic rings. The van der Waals surface area contributed by atoms with Gasteiger partial charge in [-0.3, -0.25) is 0 Å². The molecule has 1 heterocycles. The van der Waals surface area contributed by atoms with Crippen molar-refractivity contribution in [1.29, 1.82) is 0 Å². The highest BCUT2D eigenvalue weighted by Crippen LogP contribution is 2.29. The highest BCUT2D eigenvalue weighted by atomic mass is 32.2. The maximum absolute atomic E-state index is 12.7. The van der Waals surface area contributed by atoms with Crippen LogP contribution in [0, 0.1) is 13.8 Å². The lowest BCUT2D eigenvalue weighted by Crippen LogP contribution is -2.23. The van der Waals surface area contributed by atoms with E-state index in [9.17, 15) is 8.42 Å². The van der Waals surface area contributed by atoms with E-state index in [1.807, 2.05) is 50.2 Å². The maximum Gasteiger partial charge on any atom is 0.244 e. The molecule has 0 atom stereocenters. The number of hydrogen-bond donors (Lipinski definition) is 1. The second-order valence-electron chi connectivity index (χ2n) is 5.87. The third-order valence-corrected chi connectivity index (χ3v) is 6.57. The molecule has 2 aromatic carbocycles. The van der Waals surface area contributed by atoms with Crippen molar-refractivity contribution in [2.24, 2.45) is 0 Å². The number of hydrogen-bond acceptors (Lipinski definition) is 5. The first-order valence-corrected chi connectivity index (χ1v) is 10.4. The second-order valence-corrected chi connectivity index (χ2v) is 8.69. The minimum Gasteiger partial charge on any atom is -0.495 e.